The Morgan fingerprint density at radius 2 is 1.83 bits per heavy atom. The van der Waals surface area contributed by atoms with Crippen molar-refractivity contribution < 1.29 is 9.47 Å². The molecule has 0 aliphatic heterocycles. The molecule has 0 bridgehead atoms. The van der Waals surface area contributed by atoms with E-state index in [9.17, 15) is 0 Å². The van der Waals surface area contributed by atoms with E-state index in [1.807, 2.05) is 38.1 Å². The minimum atomic E-state index is -0.239. The van der Waals surface area contributed by atoms with Crippen molar-refractivity contribution in [3.05, 3.63) is 42.5 Å². The van der Waals surface area contributed by atoms with Gasteiger partial charge in [0, 0.05) is 26.1 Å². The number of benzene rings is 2. The average Bonchev–Trinajstić information content (AvgIpc) is 2.61. The second-order valence-electron chi connectivity index (χ2n) is 6.14. The highest BCUT2D eigenvalue weighted by Gasteiger charge is 2.16. The van der Waals surface area contributed by atoms with Crippen molar-refractivity contribution >= 4 is 16.7 Å². The number of rotatable bonds is 7. The van der Waals surface area contributed by atoms with Gasteiger partial charge in [-0.15, -0.1) is 0 Å². The van der Waals surface area contributed by atoms with Crippen LogP contribution >= 0.6 is 0 Å². The predicted molar refractivity (Wildman–Crippen MR) is 99.9 cm³/mol. The van der Waals surface area contributed by atoms with Crippen molar-refractivity contribution in [1.82, 2.24) is 10.6 Å². The highest BCUT2D eigenvalue weighted by atomic mass is 16.5. The van der Waals surface area contributed by atoms with E-state index >= 15 is 0 Å². The van der Waals surface area contributed by atoms with Gasteiger partial charge in [-0.05, 0) is 25.3 Å². The molecule has 0 aromatic heterocycles. The highest BCUT2D eigenvalue weighted by Crippen LogP contribution is 2.24. The molecule has 2 N–H and O–H groups in total. The summed E-state index contributed by atoms with van der Waals surface area (Å²) in [5.74, 6) is 1.64. The molecule has 130 valence electrons. The molecule has 0 heterocycles. The van der Waals surface area contributed by atoms with Crippen LogP contribution in [0.2, 0.25) is 0 Å². The van der Waals surface area contributed by atoms with Gasteiger partial charge in [0.2, 0.25) is 0 Å². The first kappa shape index (κ1) is 18.1. The van der Waals surface area contributed by atoms with Gasteiger partial charge in [-0.25, -0.2) is 0 Å². The third kappa shape index (κ3) is 5.13. The Morgan fingerprint density at radius 3 is 2.58 bits per heavy atom. The molecule has 2 aromatic rings. The Kier molecular flexibility index (Phi) is 6.44. The topological polar surface area (TPSA) is 54.9 Å². The highest BCUT2D eigenvalue weighted by molar-refractivity contribution is 5.88. The van der Waals surface area contributed by atoms with Gasteiger partial charge in [0.1, 0.15) is 12.4 Å². The Bertz CT molecular complexity index is 678. The van der Waals surface area contributed by atoms with E-state index in [0.717, 1.165) is 17.1 Å². The van der Waals surface area contributed by atoms with Crippen LogP contribution in [0.5, 0.6) is 5.75 Å². The predicted octanol–water partition coefficient (Wildman–Crippen LogP) is 2.81. The molecule has 0 radical (unpaired) electrons. The lowest BCUT2D eigenvalue weighted by Crippen LogP contribution is -2.46. The molecule has 0 atom stereocenters. The molecule has 2 aromatic carbocycles. The van der Waals surface area contributed by atoms with E-state index in [-0.39, 0.29) is 5.60 Å². The number of hydrogen-bond acceptors (Lipinski definition) is 3. The Hall–Kier alpha value is -2.27. The van der Waals surface area contributed by atoms with E-state index in [2.05, 4.69) is 33.8 Å². The fourth-order valence-electron chi connectivity index (χ4n) is 2.24. The Labute approximate surface area is 144 Å². The Balaban J connectivity index is 1.81. The molecule has 0 saturated heterocycles. The molecule has 0 unspecified atom stereocenters. The van der Waals surface area contributed by atoms with Crippen molar-refractivity contribution in [2.24, 2.45) is 4.99 Å². The number of nitrogens with zero attached hydrogens (tertiary/aromatic N) is 1. The molecule has 0 amide bonds. The molecule has 0 fully saturated rings. The smallest absolute Gasteiger partial charge is 0.191 e. The fourth-order valence-corrected chi connectivity index (χ4v) is 2.24. The lowest BCUT2D eigenvalue weighted by atomic mass is 10.1. The number of hydrogen-bond donors (Lipinski definition) is 2. The lowest BCUT2D eigenvalue weighted by Gasteiger charge is -2.24. The summed E-state index contributed by atoms with van der Waals surface area (Å²) < 4.78 is 11.3. The van der Waals surface area contributed by atoms with Crippen LogP contribution in [0.1, 0.15) is 13.8 Å². The van der Waals surface area contributed by atoms with Gasteiger partial charge in [0.05, 0.1) is 12.1 Å². The van der Waals surface area contributed by atoms with Crippen LogP contribution in [0.3, 0.4) is 0 Å². The minimum Gasteiger partial charge on any atom is -0.491 e. The maximum absolute atomic E-state index is 5.91. The summed E-state index contributed by atoms with van der Waals surface area (Å²) >= 11 is 0. The number of fused-ring (bicyclic) bond motifs is 1. The molecule has 5 nitrogen and oxygen atoms in total. The van der Waals surface area contributed by atoms with Crippen LogP contribution in [-0.2, 0) is 4.74 Å². The molecule has 0 spiro atoms. The van der Waals surface area contributed by atoms with Crippen molar-refractivity contribution in [1.29, 1.82) is 0 Å². The molecular formula is C19H27N3O2. The second kappa shape index (κ2) is 8.55. The zero-order valence-electron chi connectivity index (χ0n) is 14.9. The van der Waals surface area contributed by atoms with Crippen molar-refractivity contribution in [3.8, 4) is 5.75 Å². The molecule has 2 rings (SSSR count). The molecule has 0 aliphatic carbocycles. The van der Waals surface area contributed by atoms with Crippen molar-refractivity contribution in [2.75, 3.05) is 33.9 Å². The normalized spacial score (nSPS) is 12.2. The van der Waals surface area contributed by atoms with Crippen LogP contribution in [0, 0.1) is 0 Å². The summed E-state index contributed by atoms with van der Waals surface area (Å²) in [5.41, 5.74) is -0.239. The fraction of sp³-hybridized carbons (Fsp3) is 0.421. The van der Waals surface area contributed by atoms with Gasteiger partial charge in [0.25, 0.3) is 0 Å². The quantitative estimate of drug-likeness (QED) is 0.466. The number of ether oxygens (including phenoxy) is 2. The van der Waals surface area contributed by atoms with Crippen molar-refractivity contribution in [3.63, 3.8) is 0 Å². The molecule has 24 heavy (non-hydrogen) atoms. The SMILES string of the molecule is CN=C(NCCOc1cccc2ccccc12)NCC(C)(C)OC. The Morgan fingerprint density at radius 1 is 1.08 bits per heavy atom. The van der Waals surface area contributed by atoms with Gasteiger partial charge in [-0.3, -0.25) is 4.99 Å². The summed E-state index contributed by atoms with van der Waals surface area (Å²) in [7, 11) is 3.45. The van der Waals surface area contributed by atoms with E-state index in [4.69, 9.17) is 9.47 Å². The van der Waals surface area contributed by atoms with E-state index < -0.39 is 0 Å². The summed E-state index contributed by atoms with van der Waals surface area (Å²) in [6, 6.07) is 14.3. The van der Waals surface area contributed by atoms with Crippen LogP contribution in [0.4, 0.5) is 0 Å². The molecule has 0 saturated carbocycles. The second-order valence-corrected chi connectivity index (χ2v) is 6.14. The summed E-state index contributed by atoms with van der Waals surface area (Å²) in [5, 5.41) is 8.80. The summed E-state index contributed by atoms with van der Waals surface area (Å²) in [4.78, 5) is 4.20. The van der Waals surface area contributed by atoms with E-state index in [0.29, 0.717) is 19.7 Å². The maximum Gasteiger partial charge on any atom is 0.191 e. The standard InChI is InChI=1S/C19H27N3O2/c1-19(2,23-4)14-22-18(20-3)21-12-13-24-17-11-7-9-15-8-5-6-10-16(15)17/h5-11H,12-14H2,1-4H3,(H2,20,21,22). The number of guanidine groups is 1. The minimum absolute atomic E-state index is 0.239. The van der Waals surface area contributed by atoms with Crippen molar-refractivity contribution in [2.45, 2.75) is 19.4 Å². The zero-order chi connectivity index (χ0) is 17.4. The average molecular weight is 329 g/mol. The van der Waals surface area contributed by atoms with E-state index in [1.165, 1.54) is 5.39 Å². The molecule has 0 aliphatic rings. The third-order valence-corrected chi connectivity index (χ3v) is 3.86. The van der Waals surface area contributed by atoms with Gasteiger partial charge in [0.15, 0.2) is 5.96 Å². The van der Waals surface area contributed by atoms with Crippen LogP contribution in [-0.4, -0.2) is 45.4 Å². The van der Waals surface area contributed by atoms with Gasteiger partial charge < -0.3 is 20.1 Å². The van der Waals surface area contributed by atoms with Gasteiger partial charge in [-0.1, -0.05) is 36.4 Å². The number of methoxy groups -OCH3 is 1. The first-order chi connectivity index (χ1) is 11.6. The number of aliphatic imine (C=N–C) groups is 1. The third-order valence-electron chi connectivity index (χ3n) is 3.86. The van der Waals surface area contributed by atoms with E-state index in [1.54, 1.807) is 14.2 Å². The molecular weight excluding hydrogens is 302 g/mol. The van der Waals surface area contributed by atoms with Crippen LogP contribution in [0.15, 0.2) is 47.5 Å². The van der Waals surface area contributed by atoms with Gasteiger partial charge >= 0.3 is 0 Å². The van der Waals surface area contributed by atoms with Crippen LogP contribution in [0.25, 0.3) is 10.8 Å². The molecule has 5 heteroatoms. The first-order valence-corrected chi connectivity index (χ1v) is 8.16. The largest absolute Gasteiger partial charge is 0.491 e. The maximum atomic E-state index is 5.91. The first-order valence-electron chi connectivity index (χ1n) is 8.16. The zero-order valence-corrected chi connectivity index (χ0v) is 14.9. The van der Waals surface area contributed by atoms with Crippen LogP contribution < -0.4 is 15.4 Å². The number of nitrogens with one attached hydrogen (secondary N) is 2. The summed E-state index contributed by atoms with van der Waals surface area (Å²) in [6.07, 6.45) is 0. The lowest BCUT2D eigenvalue weighted by molar-refractivity contribution is 0.0268. The van der Waals surface area contributed by atoms with Gasteiger partial charge in [-0.2, -0.15) is 0 Å². The summed E-state index contributed by atoms with van der Waals surface area (Å²) in [6.45, 7) is 5.94. The monoisotopic (exact) mass is 329 g/mol.